The van der Waals surface area contributed by atoms with Gasteiger partial charge >= 0.3 is 0 Å². The first kappa shape index (κ1) is 18.2. The number of ether oxygens (including phenoxy) is 1. The monoisotopic (exact) mass is 319 g/mol. The van der Waals surface area contributed by atoms with Crippen molar-refractivity contribution in [3.8, 4) is 0 Å². The number of hydrogen-bond donors (Lipinski definition) is 1. The minimum absolute atomic E-state index is 0.211. The van der Waals surface area contributed by atoms with Crippen LogP contribution in [0.4, 0.5) is 0 Å². The third kappa shape index (κ3) is 8.26. The lowest BCUT2D eigenvalue weighted by molar-refractivity contribution is 0.0625. The molecule has 0 spiro atoms. The molecule has 124 valence electrons. The zero-order valence-electron chi connectivity index (χ0n) is 13.5. The number of hydrogen-bond acceptors (Lipinski definition) is 4. The van der Waals surface area contributed by atoms with Crippen LogP contribution in [0.3, 0.4) is 0 Å². The summed E-state index contributed by atoms with van der Waals surface area (Å²) >= 11 is 0. The van der Waals surface area contributed by atoms with Gasteiger partial charge in [-0.15, -0.1) is 0 Å². The predicted molar refractivity (Wildman–Crippen MR) is 86.5 cm³/mol. The van der Waals surface area contributed by atoms with E-state index in [2.05, 4.69) is 15.2 Å². The van der Waals surface area contributed by atoms with Gasteiger partial charge in [0.2, 0.25) is 0 Å². The highest BCUT2D eigenvalue weighted by molar-refractivity contribution is 7.90. The Balaban J connectivity index is 2.24. The van der Waals surface area contributed by atoms with Crippen LogP contribution in [0, 0.1) is 5.92 Å². The SMILES string of the molecule is CN=C(NCCCS(C)(=O)=O)N(C)CCC1CCOCC1. The van der Waals surface area contributed by atoms with Gasteiger partial charge in [-0.2, -0.15) is 0 Å². The van der Waals surface area contributed by atoms with Crippen molar-refractivity contribution in [2.45, 2.75) is 25.7 Å². The summed E-state index contributed by atoms with van der Waals surface area (Å²) in [5.41, 5.74) is 0. The predicted octanol–water partition coefficient (Wildman–Crippen LogP) is 0.745. The first-order valence-electron chi connectivity index (χ1n) is 7.59. The maximum atomic E-state index is 11.1. The Bertz CT molecular complexity index is 417. The molecule has 6 nitrogen and oxygen atoms in total. The molecule has 1 saturated heterocycles. The molecule has 0 radical (unpaired) electrons. The van der Waals surface area contributed by atoms with Crippen molar-refractivity contribution in [1.29, 1.82) is 0 Å². The van der Waals surface area contributed by atoms with E-state index >= 15 is 0 Å². The zero-order valence-corrected chi connectivity index (χ0v) is 14.3. The molecule has 1 aliphatic heterocycles. The molecule has 1 rings (SSSR count). The molecule has 1 N–H and O–H groups in total. The number of aliphatic imine (C=N–C) groups is 1. The van der Waals surface area contributed by atoms with E-state index in [1.165, 1.54) is 6.26 Å². The van der Waals surface area contributed by atoms with E-state index in [0.717, 1.165) is 50.9 Å². The fourth-order valence-electron chi connectivity index (χ4n) is 2.44. The Morgan fingerprint density at radius 2 is 2.05 bits per heavy atom. The molecular formula is C14H29N3O3S. The molecule has 1 aliphatic rings. The Morgan fingerprint density at radius 1 is 1.38 bits per heavy atom. The van der Waals surface area contributed by atoms with E-state index in [1.54, 1.807) is 7.05 Å². The van der Waals surface area contributed by atoms with Crippen molar-refractivity contribution < 1.29 is 13.2 Å². The summed E-state index contributed by atoms with van der Waals surface area (Å²) < 4.78 is 27.5. The molecule has 0 saturated carbocycles. The minimum atomic E-state index is -2.88. The van der Waals surface area contributed by atoms with E-state index < -0.39 is 9.84 Å². The number of guanidine groups is 1. The second kappa shape index (κ2) is 9.25. The van der Waals surface area contributed by atoms with Gasteiger partial charge in [0, 0.05) is 46.7 Å². The van der Waals surface area contributed by atoms with Crippen LogP contribution in [-0.2, 0) is 14.6 Å². The maximum Gasteiger partial charge on any atom is 0.193 e. The van der Waals surface area contributed by atoms with Crippen LogP contribution in [0.1, 0.15) is 25.7 Å². The van der Waals surface area contributed by atoms with Crippen LogP contribution >= 0.6 is 0 Å². The van der Waals surface area contributed by atoms with E-state index in [0.29, 0.717) is 13.0 Å². The minimum Gasteiger partial charge on any atom is -0.381 e. The van der Waals surface area contributed by atoms with Gasteiger partial charge in [-0.1, -0.05) is 0 Å². The van der Waals surface area contributed by atoms with Crippen molar-refractivity contribution in [3.63, 3.8) is 0 Å². The highest BCUT2D eigenvalue weighted by atomic mass is 32.2. The molecule has 0 unspecified atom stereocenters. The fourth-order valence-corrected chi connectivity index (χ4v) is 3.11. The van der Waals surface area contributed by atoms with Crippen LogP contribution in [-0.4, -0.2) is 71.7 Å². The van der Waals surface area contributed by atoms with E-state index in [4.69, 9.17) is 4.74 Å². The number of nitrogens with one attached hydrogen (secondary N) is 1. The van der Waals surface area contributed by atoms with Gasteiger partial charge in [-0.3, -0.25) is 4.99 Å². The largest absolute Gasteiger partial charge is 0.381 e. The highest BCUT2D eigenvalue weighted by Crippen LogP contribution is 2.18. The summed E-state index contributed by atoms with van der Waals surface area (Å²) in [6.45, 7) is 3.34. The zero-order chi connectivity index (χ0) is 15.7. The maximum absolute atomic E-state index is 11.1. The number of sulfone groups is 1. The number of nitrogens with zero attached hydrogens (tertiary/aromatic N) is 2. The fraction of sp³-hybridized carbons (Fsp3) is 0.929. The van der Waals surface area contributed by atoms with Crippen LogP contribution in [0.5, 0.6) is 0 Å². The van der Waals surface area contributed by atoms with Crippen molar-refractivity contribution in [2.24, 2.45) is 10.9 Å². The van der Waals surface area contributed by atoms with Gasteiger partial charge in [-0.05, 0) is 31.6 Å². The Labute approximate surface area is 128 Å². The average molecular weight is 319 g/mol. The molecular weight excluding hydrogens is 290 g/mol. The lowest BCUT2D eigenvalue weighted by Crippen LogP contribution is -2.40. The first-order chi connectivity index (χ1) is 9.92. The third-order valence-electron chi connectivity index (χ3n) is 3.76. The van der Waals surface area contributed by atoms with Crippen LogP contribution in [0.25, 0.3) is 0 Å². The number of rotatable bonds is 7. The molecule has 0 aromatic rings. The van der Waals surface area contributed by atoms with Crippen molar-refractivity contribution in [1.82, 2.24) is 10.2 Å². The van der Waals surface area contributed by atoms with Crippen molar-refractivity contribution in [3.05, 3.63) is 0 Å². The first-order valence-corrected chi connectivity index (χ1v) is 9.65. The van der Waals surface area contributed by atoms with Crippen molar-refractivity contribution in [2.75, 3.05) is 52.4 Å². The topological polar surface area (TPSA) is 71.0 Å². The summed E-state index contributed by atoms with van der Waals surface area (Å²) in [5.74, 6) is 1.78. The van der Waals surface area contributed by atoms with Gasteiger partial charge in [-0.25, -0.2) is 8.42 Å². The molecule has 1 heterocycles. The van der Waals surface area contributed by atoms with Crippen LogP contribution < -0.4 is 5.32 Å². The Kier molecular flexibility index (Phi) is 8.03. The summed E-state index contributed by atoms with van der Waals surface area (Å²) in [4.78, 5) is 6.35. The van der Waals surface area contributed by atoms with Crippen molar-refractivity contribution >= 4 is 15.8 Å². The van der Waals surface area contributed by atoms with Gasteiger partial charge < -0.3 is 15.0 Å². The average Bonchev–Trinajstić information content (AvgIpc) is 2.45. The van der Waals surface area contributed by atoms with Gasteiger partial charge in [0.25, 0.3) is 0 Å². The summed E-state index contributed by atoms with van der Waals surface area (Å²) in [6.07, 6.45) is 5.31. The van der Waals surface area contributed by atoms with E-state index in [-0.39, 0.29) is 5.75 Å². The molecule has 7 heteroatoms. The summed E-state index contributed by atoms with van der Waals surface area (Å²) in [5, 5.41) is 3.22. The molecule has 0 bridgehead atoms. The van der Waals surface area contributed by atoms with Gasteiger partial charge in [0.1, 0.15) is 9.84 Å². The molecule has 1 fully saturated rings. The highest BCUT2D eigenvalue weighted by Gasteiger charge is 2.15. The molecule has 0 atom stereocenters. The molecule has 0 aliphatic carbocycles. The second-order valence-electron chi connectivity index (χ2n) is 5.72. The van der Waals surface area contributed by atoms with E-state index in [9.17, 15) is 8.42 Å². The third-order valence-corrected chi connectivity index (χ3v) is 4.79. The lowest BCUT2D eigenvalue weighted by atomic mass is 9.96. The molecule has 0 aromatic carbocycles. The van der Waals surface area contributed by atoms with E-state index in [1.807, 2.05) is 7.05 Å². The van der Waals surface area contributed by atoms with Crippen LogP contribution in [0.15, 0.2) is 4.99 Å². The lowest BCUT2D eigenvalue weighted by Gasteiger charge is -2.26. The quantitative estimate of drug-likeness (QED) is 0.426. The molecule has 0 aromatic heterocycles. The second-order valence-corrected chi connectivity index (χ2v) is 7.98. The Morgan fingerprint density at radius 3 is 2.62 bits per heavy atom. The smallest absolute Gasteiger partial charge is 0.193 e. The summed E-state index contributed by atoms with van der Waals surface area (Å²) in [6, 6.07) is 0. The van der Waals surface area contributed by atoms with Crippen LogP contribution in [0.2, 0.25) is 0 Å². The summed E-state index contributed by atoms with van der Waals surface area (Å²) in [7, 11) is 0.894. The standard InChI is InChI=1S/C14H29N3O3S/c1-15-14(16-8-4-12-21(3,18)19)17(2)9-5-13-6-10-20-11-7-13/h13H,4-12H2,1-3H3,(H,15,16). The molecule has 0 amide bonds. The Hall–Kier alpha value is -0.820. The molecule has 21 heavy (non-hydrogen) atoms. The van der Waals surface area contributed by atoms with Gasteiger partial charge in [0.15, 0.2) is 5.96 Å². The normalized spacial score (nSPS) is 17.8. The van der Waals surface area contributed by atoms with Gasteiger partial charge in [0.05, 0.1) is 5.75 Å².